The Kier molecular flexibility index (Phi) is 5.21. The molecule has 1 atom stereocenters. The first kappa shape index (κ1) is 20.2. The Morgan fingerprint density at radius 2 is 1.86 bits per heavy atom. The zero-order valence-electron chi connectivity index (χ0n) is 14.8. The predicted molar refractivity (Wildman–Crippen MR) is 97.8 cm³/mol. The van der Waals surface area contributed by atoms with Crippen LogP contribution in [0.4, 0.5) is 13.2 Å². The summed E-state index contributed by atoms with van der Waals surface area (Å²) in [6.45, 7) is 0. The minimum atomic E-state index is -4.87. The van der Waals surface area contributed by atoms with Crippen LogP contribution in [0.3, 0.4) is 0 Å². The number of amides is 1. The number of rotatable bonds is 6. The molecule has 2 aromatic carbocycles. The molecule has 1 aromatic heterocycles. The first-order valence-electron chi connectivity index (χ1n) is 8.34. The molecular weight excluding hydrogens is 391 g/mol. The molecular formula is C19H16F3N3O4. The number of primary amides is 1. The van der Waals surface area contributed by atoms with Gasteiger partial charge in [-0.25, -0.2) is 0 Å². The van der Waals surface area contributed by atoms with Crippen LogP contribution >= 0.6 is 0 Å². The van der Waals surface area contributed by atoms with Crippen molar-refractivity contribution < 1.29 is 32.6 Å². The number of hydrogen-bond donors (Lipinski definition) is 3. The van der Waals surface area contributed by atoms with Crippen molar-refractivity contribution in [1.29, 1.82) is 0 Å². The molecule has 0 unspecified atom stereocenters. The van der Waals surface area contributed by atoms with Crippen LogP contribution in [-0.4, -0.2) is 34.0 Å². The molecule has 0 aliphatic heterocycles. The lowest BCUT2D eigenvalue weighted by atomic mass is 10.1. The lowest BCUT2D eigenvalue weighted by molar-refractivity contribution is -0.274. The van der Waals surface area contributed by atoms with Crippen LogP contribution in [0.15, 0.2) is 48.5 Å². The second kappa shape index (κ2) is 7.47. The highest BCUT2D eigenvalue weighted by Gasteiger charge is 2.31. The van der Waals surface area contributed by atoms with Gasteiger partial charge in [-0.2, -0.15) is 0 Å². The normalized spacial score (nSPS) is 12.7. The summed E-state index contributed by atoms with van der Waals surface area (Å²) in [5, 5.41) is 9.45. The van der Waals surface area contributed by atoms with Crippen molar-refractivity contribution in [2.75, 3.05) is 0 Å². The van der Waals surface area contributed by atoms with E-state index in [-0.39, 0.29) is 17.6 Å². The second-order valence-electron chi connectivity index (χ2n) is 6.32. The highest BCUT2D eigenvalue weighted by Crippen LogP contribution is 2.31. The molecule has 5 N–H and O–H groups in total. The Labute approximate surface area is 162 Å². The Morgan fingerprint density at radius 3 is 2.48 bits per heavy atom. The van der Waals surface area contributed by atoms with E-state index in [1.54, 1.807) is 24.3 Å². The number of aromatic nitrogens is 1. The summed E-state index contributed by atoms with van der Waals surface area (Å²) in [7, 11) is 0. The number of hydrogen-bond acceptors (Lipinski definition) is 4. The summed E-state index contributed by atoms with van der Waals surface area (Å²) in [4.78, 5) is 22.9. The number of aliphatic carboxylic acids is 1. The minimum absolute atomic E-state index is 0.0245. The quantitative estimate of drug-likeness (QED) is 0.580. The average Bonchev–Trinajstić information content (AvgIpc) is 2.99. The lowest BCUT2D eigenvalue weighted by Gasteiger charge is -2.13. The third kappa shape index (κ3) is 4.49. The van der Waals surface area contributed by atoms with Crippen LogP contribution in [0.5, 0.6) is 5.75 Å². The fourth-order valence-corrected chi connectivity index (χ4v) is 3.00. The number of fused-ring (bicyclic) bond motifs is 1. The van der Waals surface area contributed by atoms with Crippen molar-refractivity contribution in [1.82, 2.24) is 4.57 Å². The zero-order chi connectivity index (χ0) is 21.3. The molecule has 0 aliphatic rings. The van der Waals surface area contributed by atoms with Crippen molar-refractivity contribution >= 4 is 22.8 Å². The molecule has 7 nitrogen and oxygen atoms in total. The van der Waals surface area contributed by atoms with E-state index in [4.69, 9.17) is 16.6 Å². The molecule has 0 bridgehead atoms. The third-order valence-corrected chi connectivity index (χ3v) is 4.20. The van der Waals surface area contributed by atoms with Gasteiger partial charge in [-0.05, 0) is 42.3 Å². The second-order valence-corrected chi connectivity index (χ2v) is 6.32. The summed E-state index contributed by atoms with van der Waals surface area (Å²) >= 11 is 0. The van der Waals surface area contributed by atoms with Crippen LogP contribution in [-0.2, 0) is 11.2 Å². The Morgan fingerprint density at radius 1 is 1.14 bits per heavy atom. The molecule has 3 aromatic rings. The van der Waals surface area contributed by atoms with Gasteiger partial charge in [0.05, 0.1) is 5.52 Å². The number of carbonyl (C=O) groups excluding carboxylic acids is 1. The Balaban J connectivity index is 2.14. The average molecular weight is 407 g/mol. The van der Waals surface area contributed by atoms with E-state index in [0.717, 1.165) is 12.1 Å². The van der Waals surface area contributed by atoms with E-state index in [0.29, 0.717) is 16.6 Å². The number of nitrogens with zero attached hydrogens (tertiary/aromatic N) is 1. The molecule has 0 spiro atoms. The third-order valence-electron chi connectivity index (χ3n) is 4.20. The van der Waals surface area contributed by atoms with Crippen LogP contribution in [0, 0.1) is 0 Å². The fraction of sp³-hybridized carbons (Fsp3) is 0.158. The van der Waals surface area contributed by atoms with E-state index in [9.17, 15) is 22.8 Å². The van der Waals surface area contributed by atoms with Gasteiger partial charge < -0.3 is 25.9 Å². The highest BCUT2D eigenvalue weighted by atomic mass is 19.4. The SMILES string of the molecule is NC(=O)c1cc2ccc(OC(F)(F)F)cc2n1-c1cccc(C[C@H](N)C(=O)O)c1. The molecule has 1 amide bonds. The molecule has 0 aliphatic carbocycles. The number of benzene rings is 2. The highest BCUT2D eigenvalue weighted by molar-refractivity contribution is 5.99. The molecule has 1 heterocycles. The number of carboxylic acid groups (broad SMARTS) is 1. The molecule has 152 valence electrons. The molecule has 3 rings (SSSR count). The van der Waals surface area contributed by atoms with E-state index in [1.165, 1.54) is 16.7 Å². The first-order chi connectivity index (χ1) is 13.5. The molecule has 29 heavy (non-hydrogen) atoms. The molecule has 10 heteroatoms. The molecule has 0 radical (unpaired) electrons. The topological polar surface area (TPSA) is 121 Å². The van der Waals surface area contributed by atoms with Gasteiger partial charge >= 0.3 is 12.3 Å². The number of alkyl halides is 3. The van der Waals surface area contributed by atoms with Crippen molar-refractivity contribution in [3.8, 4) is 11.4 Å². The summed E-state index contributed by atoms with van der Waals surface area (Å²) in [6, 6.07) is 10.4. The number of carboxylic acids is 1. The van der Waals surface area contributed by atoms with E-state index < -0.39 is 30.0 Å². The van der Waals surface area contributed by atoms with Crippen molar-refractivity contribution in [2.24, 2.45) is 11.5 Å². The maximum Gasteiger partial charge on any atom is 0.573 e. The molecule has 0 fully saturated rings. The molecule has 0 saturated heterocycles. The number of ether oxygens (including phenoxy) is 1. The van der Waals surface area contributed by atoms with Gasteiger partial charge in [-0.3, -0.25) is 9.59 Å². The smallest absolute Gasteiger partial charge is 0.480 e. The largest absolute Gasteiger partial charge is 0.573 e. The van der Waals surface area contributed by atoms with Crippen LogP contribution < -0.4 is 16.2 Å². The standard InChI is InChI=1S/C19H16F3N3O4/c20-19(21,22)29-13-5-4-11-8-16(17(24)26)25(15(11)9-13)12-3-1-2-10(6-12)7-14(23)18(27)28/h1-6,8-9,14H,7,23H2,(H2,24,26)(H,27,28)/t14-/m0/s1. The van der Waals surface area contributed by atoms with Crippen LogP contribution in [0.2, 0.25) is 0 Å². The van der Waals surface area contributed by atoms with Crippen molar-refractivity contribution in [2.45, 2.75) is 18.8 Å². The maximum absolute atomic E-state index is 12.6. The number of carbonyl (C=O) groups is 2. The summed E-state index contributed by atoms with van der Waals surface area (Å²) in [5.41, 5.74) is 12.3. The van der Waals surface area contributed by atoms with Crippen LogP contribution in [0.1, 0.15) is 16.1 Å². The van der Waals surface area contributed by atoms with E-state index in [1.807, 2.05) is 0 Å². The summed E-state index contributed by atoms with van der Waals surface area (Å²) in [6.07, 6.45) is -4.85. The van der Waals surface area contributed by atoms with Gasteiger partial charge in [0, 0.05) is 17.1 Å². The predicted octanol–water partition coefficient (Wildman–Crippen LogP) is 2.58. The first-order valence-corrected chi connectivity index (χ1v) is 8.34. The van der Waals surface area contributed by atoms with Crippen molar-refractivity contribution in [3.63, 3.8) is 0 Å². The zero-order valence-corrected chi connectivity index (χ0v) is 14.8. The summed E-state index contributed by atoms with van der Waals surface area (Å²) in [5.74, 6) is -2.41. The van der Waals surface area contributed by atoms with E-state index >= 15 is 0 Å². The number of nitrogens with two attached hydrogens (primary N) is 2. The fourth-order valence-electron chi connectivity index (χ4n) is 3.00. The van der Waals surface area contributed by atoms with Gasteiger partial charge in [0.25, 0.3) is 5.91 Å². The Bertz CT molecular complexity index is 1090. The van der Waals surface area contributed by atoms with Gasteiger partial charge in [0.2, 0.25) is 0 Å². The van der Waals surface area contributed by atoms with E-state index in [2.05, 4.69) is 4.74 Å². The summed E-state index contributed by atoms with van der Waals surface area (Å²) < 4.78 is 43.1. The van der Waals surface area contributed by atoms with Crippen molar-refractivity contribution in [3.05, 3.63) is 59.8 Å². The Hall–Kier alpha value is -3.53. The van der Waals surface area contributed by atoms with Crippen LogP contribution in [0.25, 0.3) is 16.6 Å². The number of halogens is 3. The van der Waals surface area contributed by atoms with Gasteiger partial charge in [0.15, 0.2) is 0 Å². The minimum Gasteiger partial charge on any atom is -0.480 e. The van der Waals surface area contributed by atoms with Gasteiger partial charge in [-0.1, -0.05) is 12.1 Å². The van der Waals surface area contributed by atoms with Gasteiger partial charge in [0.1, 0.15) is 17.5 Å². The monoisotopic (exact) mass is 407 g/mol. The lowest BCUT2D eigenvalue weighted by Crippen LogP contribution is -2.32. The molecule has 0 saturated carbocycles. The van der Waals surface area contributed by atoms with Gasteiger partial charge in [-0.15, -0.1) is 13.2 Å². The maximum atomic E-state index is 12.6.